The van der Waals surface area contributed by atoms with Gasteiger partial charge < -0.3 is 20.4 Å². The van der Waals surface area contributed by atoms with Gasteiger partial charge >= 0.3 is 0 Å². The van der Waals surface area contributed by atoms with Crippen LogP contribution in [0.2, 0.25) is 0 Å². The third kappa shape index (κ3) is 7.88. The molecule has 5 nitrogen and oxygen atoms in total. The van der Waals surface area contributed by atoms with Gasteiger partial charge in [-0.05, 0) is 58.6 Å². The Bertz CT molecular complexity index is 470. The third-order valence-electron chi connectivity index (χ3n) is 3.72. The zero-order chi connectivity index (χ0) is 17.1. The van der Waals surface area contributed by atoms with Gasteiger partial charge in [0.15, 0.2) is 5.96 Å². The second-order valence-electron chi connectivity index (χ2n) is 6.00. The van der Waals surface area contributed by atoms with E-state index in [-0.39, 0.29) is 0 Å². The van der Waals surface area contributed by atoms with Crippen LogP contribution in [-0.4, -0.2) is 64.7 Å². The molecule has 0 bridgehead atoms. The fourth-order valence-corrected chi connectivity index (χ4v) is 2.43. The fraction of sp³-hybridized carbons (Fsp3) is 0.611. The summed E-state index contributed by atoms with van der Waals surface area (Å²) in [6.45, 7) is 9.17. The number of benzene rings is 1. The molecule has 1 aromatic rings. The van der Waals surface area contributed by atoms with Crippen molar-refractivity contribution in [3.8, 4) is 0 Å². The van der Waals surface area contributed by atoms with Crippen LogP contribution in [0.3, 0.4) is 0 Å². The second-order valence-corrected chi connectivity index (χ2v) is 6.00. The first kappa shape index (κ1) is 19.3. The highest BCUT2D eigenvalue weighted by atomic mass is 15.2. The maximum atomic E-state index is 4.28. The summed E-state index contributed by atoms with van der Waals surface area (Å²) < 4.78 is 0. The van der Waals surface area contributed by atoms with E-state index in [1.807, 2.05) is 7.05 Å². The average Bonchev–Trinajstić information content (AvgIpc) is 2.53. The van der Waals surface area contributed by atoms with E-state index in [0.29, 0.717) is 0 Å². The molecule has 5 heteroatoms. The van der Waals surface area contributed by atoms with E-state index < -0.39 is 0 Å². The molecule has 0 saturated carbocycles. The van der Waals surface area contributed by atoms with Gasteiger partial charge in [0, 0.05) is 38.9 Å². The summed E-state index contributed by atoms with van der Waals surface area (Å²) in [6, 6.07) is 8.66. The summed E-state index contributed by atoms with van der Waals surface area (Å²) >= 11 is 0. The smallest absolute Gasteiger partial charge is 0.191 e. The molecule has 1 rings (SSSR count). The van der Waals surface area contributed by atoms with Crippen LogP contribution in [0.4, 0.5) is 5.69 Å². The number of aryl methyl sites for hydroxylation is 1. The molecule has 1 aromatic carbocycles. The Morgan fingerprint density at radius 2 is 1.87 bits per heavy atom. The highest BCUT2D eigenvalue weighted by molar-refractivity contribution is 5.79. The van der Waals surface area contributed by atoms with Gasteiger partial charge in [0.05, 0.1) is 0 Å². The molecule has 0 fully saturated rings. The fourth-order valence-electron chi connectivity index (χ4n) is 2.43. The Morgan fingerprint density at radius 1 is 1.13 bits per heavy atom. The summed E-state index contributed by atoms with van der Waals surface area (Å²) in [6.07, 6.45) is 1.11. The van der Waals surface area contributed by atoms with E-state index >= 15 is 0 Å². The van der Waals surface area contributed by atoms with Gasteiger partial charge in [0.1, 0.15) is 0 Å². The van der Waals surface area contributed by atoms with Gasteiger partial charge in [-0.2, -0.15) is 0 Å². The normalized spacial score (nSPS) is 11.7. The summed E-state index contributed by atoms with van der Waals surface area (Å²) in [5.74, 6) is 0.879. The molecule has 130 valence electrons. The van der Waals surface area contributed by atoms with Crippen molar-refractivity contribution < 1.29 is 0 Å². The van der Waals surface area contributed by atoms with Crippen molar-refractivity contribution >= 4 is 11.6 Å². The lowest BCUT2D eigenvalue weighted by Crippen LogP contribution is -2.42. The molecule has 0 unspecified atom stereocenters. The monoisotopic (exact) mass is 319 g/mol. The van der Waals surface area contributed by atoms with Gasteiger partial charge in [-0.3, -0.25) is 4.99 Å². The van der Waals surface area contributed by atoms with E-state index in [1.165, 1.54) is 11.3 Å². The zero-order valence-corrected chi connectivity index (χ0v) is 15.4. The third-order valence-corrected chi connectivity index (χ3v) is 3.72. The maximum absolute atomic E-state index is 4.28. The summed E-state index contributed by atoms with van der Waals surface area (Å²) in [4.78, 5) is 8.84. The molecule has 0 heterocycles. The van der Waals surface area contributed by atoms with Crippen LogP contribution < -0.4 is 15.5 Å². The molecule has 0 radical (unpaired) electrons. The molecule has 0 aliphatic heterocycles. The number of nitrogens with one attached hydrogen (secondary N) is 2. The van der Waals surface area contributed by atoms with Crippen LogP contribution in [0.5, 0.6) is 0 Å². The second kappa shape index (κ2) is 10.9. The number of guanidine groups is 1. The number of aliphatic imine (C=N–C) groups is 1. The summed E-state index contributed by atoms with van der Waals surface area (Å²) in [7, 11) is 6.01. The predicted octanol–water partition coefficient (Wildman–Crippen LogP) is 1.94. The molecular weight excluding hydrogens is 286 g/mol. The van der Waals surface area contributed by atoms with Crippen LogP contribution in [-0.2, 0) is 0 Å². The average molecular weight is 319 g/mol. The predicted molar refractivity (Wildman–Crippen MR) is 102 cm³/mol. The van der Waals surface area contributed by atoms with E-state index in [0.717, 1.165) is 45.1 Å². The summed E-state index contributed by atoms with van der Waals surface area (Å²) in [5.41, 5.74) is 2.58. The molecule has 0 aliphatic carbocycles. The molecule has 23 heavy (non-hydrogen) atoms. The molecule has 0 amide bonds. The minimum atomic E-state index is 0.870. The summed E-state index contributed by atoms with van der Waals surface area (Å²) in [5, 5.41) is 6.75. The molecule has 0 aromatic heterocycles. The topological polar surface area (TPSA) is 42.9 Å². The van der Waals surface area contributed by atoms with Gasteiger partial charge in [-0.15, -0.1) is 0 Å². The van der Waals surface area contributed by atoms with Crippen LogP contribution in [0, 0.1) is 6.92 Å². The number of likely N-dealkylation sites (N-methyl/N-ethyl adjacent to an activating group) is 1. The van der Waals surface area contributed by atoms with E-state index in [2.05, 4.69) is 77.6 Å². The van der Waals surface area contributed by atoms with Gasteiger partial charge in [0.2, 0.25) is 0 Å². The van der Waals surface area contributed by atoms with Crippen molar-refractivity contribution in [3.63, 3.8) is 0 Å². The van der Waals surface area contributed by atoms with E-state index in [1.54, 1.807) is 0 Å². The molecule has 0 saturated heterocycles. The van der Waals surface area contributed by atoms with E-state index in [9.17, 15) is 0 Å². The lowest BCUT2D eigenvalue weighted by molar-refractivity contribution is 0.399. The van der Waals surface area contributed by atoms with Crippen molar-refractivity contribution in [2.45, 2.75) is 20.3 Å². The van der Waals surface area contributed by atoms with Crippen LogP contribution >= 0.6 is 0 Å². The van der Waals surface area contributed by atoms with Gasteiger partial charge in [-0.25, -0.2) is 0 Å². The van der Waals surface area contributed by atoms with Crippen LogP contribution in [0.1, 0.15) is 18.9 Å². The van der Waals surface area contributed by atoms with Crippen molar-refractivity contribution in [1.29, 1.82) is 0 Å². The number of rotatable bonds is 9. The zero-order valence-electron chi connectivity index (χ0n) is 15.4. The Morgan fingerprint density at radius 3 is 2.48 bits per heavy atom. The van der Waals surface area contributed by atoms with E-state index in [4.69, 9.17) is 0 Å². The van der Waals surface area contributed by atoms with Gasteiger partial charge in [0.25, 0.3) is 0 Å². The molecule has 0 spiro atoms. The van der Waals surface area contributed by atoms with Crippen LogP contribution in [0.25, 0.3) is 0 Å². The highest BCUT2D eigenvalue weighted by Gasteiger charge is 2.04. The minimum absolute atomic E-state index is 0.870. The number of nitrogens with zero attached hydrogens (tertiary/aromatic N) is 3. The van der Waals surface area contributed by atoms with Crippen molar-refractivity contribution in [2.24, 2.45) is 4.99 Å². The Kier molecular flexibility index (Phi) is 9.14. The lowest BCUT2D eigenvalue weighted by Gasteiger charge is -2.24. The standard InChI is InChI=1S/C18H33N5/c1-6-23(17-10-7-9-16(2)15-17)14-12-21-18(19-3)20-11-8-13-22(4)5/h7,9-10,15H,6,8,11-14H2,1-5H3,(H2,19,20,21). The molecule has 0 atom stereocenters. The Balaban J connectivity index is 2.34. The molecule has 0 aliphatic rings. The Labute approximate surface area is 141 Å². The maximum Gasteiger partial charge on any atom is 0.191 e. The molecule has 2 N–H and O–H groups in total. The van der Waals surface area contributed by atoms with Gasteiger partial charge in [-0.1, -0.05) is 12.1 Å². The minimum Gasteiger partial charge on any atom is -0.370 e. The number of anilines is 1. The number of hydrogen-bond acceptors (Lipinski definition) is 3. The molecular formula is C18H33N5. The van der Waals surface area contributed by atoms with Crippen molar-refractivity contribution in [2.75, 3.05) is 58.8 Å². The first-order chi connectivity index (χ1) is 11.1. The van der Waals surface area contributed by atoms with Crippen molar-refractivity contribution in [3.05, 3.63) is 29.8 Å². The van der Waals surface area contributed by atoms with Crippen LogP contribution in [0.15, 0.2) is 29.3 Å². The van der Waals surface area contributed by atoms with Crippen molar-refractivity contribution in [1.82, 2.24) is 15.5 Å². The highest BCUT2D eigenvalue weighted by Crippen LogP contribution is 2.14. The quantitative estimate of drug-likeness (QED) is 0.415. The SMILES string of the molecule is CCN(CCNC(=NC)NCCCN(C)C)c1cccc(C)c1. The lowest BCUT2D eigenvalue weighted by atomic mass is 10.2. The first-order valence-corrected chi connectivity index (χ1v) is 8.47. The first-order valence-electron chi connectivity index (χ1n) is 8.47. The Hall–Kier alpha value is -1.75. The largest absolute Gasteiger partial charge is 0.370 e. The number of hydrogen-bond donors (Lipinski definition) is 2.